The number of rotatable bonds is 7. The largest absolute Gasteiger partial charge is 0.481 e. The molecule has 0 saturated heterocycles. The van der Waals surface area contributed by atoms with Crippen molar-refractivity contribution >= 4 is 23.4 Å². The van der Waals surface area contributed by atoms with E-state index in [1.54, 1.807) is 6.92 Å². The molecule has 0 radical (unpaired) electrons. The molecule has 0 aliphatic carbocycles. The van der Waals surface area contributed by atoms with Crippen LogP contribution in [0.3, 0.4) is 0 Å². The lowest BCUT2D eigenvalue weighted by Crippen LogP contribution is -2.40. The minimum Gasteiger partial charge on any atom is -0.481 e. The zero-order valence-electron chi connectivity index (χ0n) is 11.6. The molecule has 0 spiro atoms. The van der Waals surface area contributed by atoms with E-state index in [1.807, 2.05) is 0 Å². The van der Waals surface area contributed by atoms with E-state index in [9.17, 15) is 19.7 Å². The molecule has 0 saturated carbocycles. The molecule has 9 heteroatoms. The van der Waals surface area contributed by atoms with Gasteiger partial charge in [0.25, 0.3) is 5.69 Å². The molecular formula is C12H16N4O5. The number of hydrogen-bond donors (Lipinski definition) is 2. The fraction of sp³-hybridized carbons (Fsp3) is 0.417. The molecule has 0 bridgehead atoms. The van der Waals surface area contributed by atoms with Gasteiger partial charge < -0.3 is 15.3 Å². The van der Waals surface area contributed by atoms with Gasteiger partial charge in [0.1, 0.15) is 18.1 Å². The maximum Gasteiger partial charge on any atom is 0.305 e. The van der Waals surface area contributed by atoms with E-state index in [1.165, 1.54) is 24.1 Å². The number of nitrogens with zero attached hydrogens (tertiary/aromatic N) is 3. The Labute approximate surface area is 120 Å². The Hall–Kier alpha value is -2.71. The number of hydrogen-bond acceptors (Lipinski definition) is 6. The van der Waals surface area contributed by atoms with Gasteiger partial charge in [0, 0.05) is 19.7 Å². The highest BCUT2D eigenvalue weighted by atomic mass is 16.6. The van der Waals surface area contributed by atoms with Gasteiger partial charge in [0.2, 0.25) is 5.91 Å². The van der Waals surface area contributed by atoms with Crippen molar-refractivity contribution in [3.63, 3.8) is 0 Å². The minimum atomic E-state index is -0.979. The Morgan fingerprint density at radius 2 is 2.19 bits per heavy atom. The van der Waals surface area contributed by atoms with Gasteiger partial charge in [-0.05, 0) is 13.0 Å². The molecule has 0 fully saturated rings. The van der Waals surface area contributed by atoms with Crippen molar-refractivity contribution in [2.24, 2.45) is 0 Å². The van der Waals surface area contributed by atoms with E-state index >= 15 is 0 Å². The molecule has 1 unspecified atom stereocenters. The number of carboxylic acids is 1. The average molecular weight is 296 g/mol. The van der Waals surface area contributed by atoms with Crippen LogP contribution in [0.25, 0.3) is 0 Å². The molecule has 114 valence electrons. The highest BCUT2D eigenvalue weighted by Crippen LogP contribution is 2.12. The van der Waals surface area contributed by atoms with Crippen LogP contribution in [0.4, 0.5) is 11.5 Å². The lowest BCUT2D eigenvalue weighted by molar-refractivity contribution is -0.385. The Bertz CT molecular complexity index is 531. The molecule has 21 heavy (non-hydrogen) atoms. The molecule has 1 amide bonds. The molecule has 0 aliphatic rings. The van der Waals surface area contributed by atoms with Gasteiger partial charge in [0.15, 0.2) is 0 Å². The summed E-state index contributed by atoms with van der Waals surface area (Å²) in [4.78, 5) is 37.5. The van der Waals surface area contributed by atoms with Gasteiger partial charge in [-0.3, -0.25) is 19.7 Å². The number of carbonyl (C=O) groups is 2. The van der Waals surface area contributed by atoms with Crippen molar-refractivity contribution in [3.05, 3.63) is 28.4 Å². The van der Waals surface area contributed by atoms with E-state index in [2.05, 4.69) is 10.3 Å². The fourth-order valence-corrected chi connectivity index (χ4v) is 1.57. The summed E-state index contributed by atoms with van der Waals surface area (Å²) in [6.45, 7) is 1.70. The molecule has 0 aliphatic heterocycles. The molecule has 0 aromatic carbocycles. The van der Waals surface area contributed by atoms with Crippen LogP contribution in [-0.4, -0.2) is 51.4 Å². The van der Waals surface area contributed by atoms with E-state index in [0.29, 0.717) is 5.82 Å². The van der Waals surface area contributed by atoms with Crippen LogP contribution in [0.15, 0.2) is 18.3 Å². The zero-order valence-corrected chi connectivity index (χ0v) is 11.6. The van der Waals surface area contributed by atoms with Crippen molar-refractivity contribution in [3.8, 4) is 0 Å². The van der Waals surface area contributed by atoms with Gasteiger partial charge in [0.05, 0.1) is 11.3 Å². The number of nitrogens with one attached hydrogen (secondary N) is 1. The van der Waals surface area contributed by atoms with Crippen LogP contribution >= 0.6 is 0 Å². The monoisotopic (exact) mass is 296 g/mol. The minimum absolute atomic E-state index is 0.105. The second kappa shape index (κ2) is 7.17. The molecule has 1 rings (SSSR count). The maximum absolute atomic E-state index is 12.0. The van der Waals surface area contributed by atoms with Crippen LogP contribution in [0.2, 0.25) is 0 Å². The van der Waals surface area contributed by atoms with Gasteiger partial charge in [-0.15, -0.1) is 0 Å². The predicted molar refractivity (Wildman–Crippen MR) is 73.9 cm³/mol. The third-order valence-corrected chi connectivity index (χ3v) is 2.73. The molecule has 1 aromatic rings. The summed E-state index contributed by atoms with van der Waals surface area (Å²) in [6, 6.07) is 2.05. The van der Waals surface area contributed by atoms with Gasteiger partial charge in [-0.2, -0.15) is 0 Å². The third-order valence-electron chi connectivity index (χ3n) is 2.73. The van der Waals surface area contributed by atoms with Crippen molar-refractivity contribution in [1.29, 1.82) is 0 Å². The number of carboxylic acid groups (broad SMARTS) is 1. The Morgan fingerprint density at radius 3 is 2.67 bits per heavy atom. The number of pyridine rings is 1. The average Bonchev–Trinajstić information content (AvgIpc) is 2.44. The van der Waals surface area contributed by atoms with E-state index in [0.717, 1.165) is 6.20 Å². The number of amides is 1. The van der Waals surface area contributed by atoms with E-state index < -0.39 is 16.9 Å². The molecule has 1 atom stereocenters. The fourth-order valence-electron chi connectivity index (χ4n) is 1.57. The van der Waals surface area contributed by atoms with Crippen LogP contribution in [-0.2, 0) is 9.59 Å². The second-order valence-corrected chi connectivity index (χ2v) is 4.43. The number of nitro groups is 1. The standard InChI is InChI=1S/C12H16N4O5/c1-8(12(19)15(2)6-5-11(17)18)14-10-4-3-9(7-13-10)16(20)21/h3-4,7-8H,5-6H2,1-2H3,(H,13,14)(H,17,18). The quantitative estimate of drug-likeness (QED) is 0.561. The highest BCUT2D eigenvalue weighted by molar-refractivity contribution is 5.84. The second-order valence-electron chi connectivity index (χ2n) is 4.43. The smallest absolute Gasteiger partial charge is 0.305 e. The normalized spacial score (nSPS) is 11.5. The van der Waals surface area contributed by atoms with Crippen LogP contribution in [0.1, 0.15) is 13.3 Å². The van der Waals surface area contributed by atoms with Crippen molar-refractivity contribution in [2.75, 3.05) is 18.9 Å². The lowest BCUT2D eigenvalue weighted by Gasteiger charge is -2.21. The summed E-state index contributed by atoms with van der Waals surface area (Å²) < 4.78 is 0. The van der Waals surface area contributed by atoms with Crippen LogP contribution in [0, 0.1) is 10.1 Å². The number of anilines is 1. The maximum atomic E-state index is 12.0. The van der Waals surface area contributed by atoms with Gasteiger partial charge >= 0.3 is 5.97 Å². The van der Waals surface area contributed by atoms with Crippen molar-refractivity contribution < 1.29 is 19.6 Å². The summed E-state index contributed by atoms with van der Waals surface area (Å²) >= 11 is 0. The van der Waals surface area contributed by atoms with Crippen LogP contribution in [0.5, 0.6) is 0 Å². The first kappa shape index (κ1) is 16.3. The van der Waals surface area contributed by atoms with Crippen LogP contribution < -0.4 is 5.32 Å². The summed E-state index contributed by atoms with van der Waals surface area (Å²) in [6.07, 6.45) is 0.957. The first-order valence-electron chi connectivity index (χ1n) is 6.15. The van der Waals surface area contributed by atoms with E-state index in [4.69, 9.17) is 5.11 Å². The van der Waals surface area contributed by atoms with Crippen molar-refractivity contribution in [2.45, 2.75) is 19.4 Å². The predicted octanol–water partition coefficient (Wildman–Crippen LogP) is 0.723. The number of carbonyl (C=O) groups excluding carboxylic acids is 1. The Morgan fingerprint density at radius 1 is 1.52 bits per heavy atom. The van der Waals surface area contributed by atoms with Gasteiger partial charge in [-0.1, -0.05) is 0 Å². The summed E-state index contributed by atoms with van der Waals surface area (Å²) in [5.74, 6) is -0.947. The molecule has 1 aromatic heterocycles. The summed E-state index contributed by atoms with van der Waals surface area (Å²) in [7, 11) is 1.51. The highest BCUT2D eigenvalue weighted by Gasteiger charge is 2.18. The first-order valence-corrected chi connectivity index (χ1v) is 6.15. The SMILES string of the molecule is CC(Nc1ccc([N+](=O)[O-])cn1)C(=O)N(C)CCC(=O)O. The zero-order chi connectivity index (χ0) is 16.0. The first-order chi connectivity index (χ1) is 9.81. The third kappa shape index (κ3) is 5.05. The summed E-state index contributed by atoms with van der Waals surface area (Å²) in [5.41, 5.74) is -0.141. The molecule has 2 N–H and O–H groups in total. The van der Waals surface area contributed by atoms with E-state index in [-0.39, 0.29) is 24.6 Å². The molecule has 1 heterocycles. The lowest BCUT2D eigenvalue weighted by atomic mass is 10.2. The topological polar surface area (TPSA) is 126 Å². The van der Waals surface area contributed by atoms with Crippen molar-refractivity contribution in [1.82, 2.24) is 9.88 Å². The summed E-state index contributed by atoms with van der Waals surface area (Å²) in [5, 5.41) is 21.9. The Balaban J connectivity index is 2.58. The Kier molecular flexibility index (Phi) is 5.58. The number of likely N-dealkylation sites (N-methyl/N-ethyl adjacent to an activating group) is 1. The molecule has 9 nitrogen and oxygen atoms in total. The number of aromatic nitrogens is 1. The molecular weight excluding hydrogens is 280 g/mol. The van der Waals surface area contributed by atoms with Gasteiger partial charge in [-0.25, -0.2) is 4.98 Å². The number of aliphatic carboxylic acids is 1.